The van der Waals surface area contributed by atoms with Crippen molar-refractivity contribution in [1.82, 2.24) is 4.90 Å². The number of esters is 1. The van der Waals surface area contributed by atoms with Crippen LogP contribution < -0.4 is 4.72 Å². The van der Waals surface area contributed by atoms with Crippen LogP contribution in [0.15, 0.2) is 22.4 Å². The van der Waals surface area contributed by atoms with E-state index in [1.54, 1.807) is 4.90 Å². The molecule has 2 aromatic rings. The van der Waals surface area contributed by atoms with Gasteiger partial charge in [-0.3, -0.25) is 9.52 Å². The van der Waals surface area contributed by atoms with Crippen LogP contribution in [0.2, 0.25) is 0 Å². The number of benzene rings is 1. The highest BCUT2D eigenvalue weighted by Crippen LogP contribution is 2.37. The number of anilines is 1. The molecule has 3 rings (SSSR count). The lowest BCUT2D eigenvalue weighted by Gasteiger charge is -2.27. The summed E-state index contributed by atoms with van der Waals surface area (Å²) in [5.74, 6) is -2.78. The fourth-order valence-electron chi connectivity index (χ4n) is 3.42. The number of carbonyl (C=O) groups excluding carboxylic acids is 2. The maximum absolute atomic E-state index is 13.5. The van der Waals surface area contributed by atoms with Crippen LogP contribution in [-0.4, -0.2) is 38.8 Å². The summed E-state index contributed by atoms with van der Waals surface area (Å²) in [5.41, 5.74) is 0.258. The molecule has 0 saturated carbocycles. The molecule has 1 aliphatic rings. The van der Waals surface area contributed by atoms with E-state index in [1.165, 1.54) is 0 Å². The van der Waals surface area contributed by atoms with Gasteiger partial charge in [0.15, 0.2) is 15.8 Å². The number of hydrogen-bond acceptors (Lipinski definition) is 6. The normalized spacial score (nSPS) is 13.8. The minimum Gasteiger partial charge on any atom is -0.465 e. The minimum atomic E-state index is -4.31. The average Bonchev–Trinajstić information content (AvgIpc) is 3.13. The Labute approximate surface area is 189 Å². The second kappa shape index (κ2) is 9.53. The first-order chi connectivity index (χ1) is 15.0. The second-order valence-corrected chi connectivity index (χ2v) is 10.9. The van der Waals surface area contributed by atoms with Gasteiger partial charge in [0.05, 0.1) is 24.9 Å². The fourth-order valence-corrected chi connectivity index (χ4v) is 6.37. The van der Waals surface area contributed by atoms with Gasteiger partial charge in [0.1, 0.15) is 0 Å². The van der Waals surface area contributed by atoms with Crippen molar-refractivity contribution in [2.45, 2.75) is 43.9 Å². The van der Waals surface area contributed by atoms with Crippen molar-refractivity contribution in [3.8, 4) is 0 Å². The number of fused-ring (bicyclic) bond motifs is 1. The molecule has 0 spiro atoms. The Bertz CT molecular complexity index is 1150. The maximum atomic E-state index is 13.5. The lowest BCUT2D eigenvalue weighted by Crippen LogP contribution is -2.35. The molecule has 0 radical (unpaired) electrons. The van der Waals surface area contributed by atoms with Crippen molar-refractivity contribution in [1.29, 1.82) is 0 Å². The van der Waals surface area contributed by atoms with E-state index < -0.39 is 27.6 Å². The van der Waals surface area contributed by atoms with E-state index in [0.29, 0.717) is 41.8 Å². The highest BCUT2D eigenvalue weighted by Gasteiger charge is 2.35. The summed E-state index contributed by atoms with van der Waals surface area (Å²) in [6.45, 7) is 4.61. The Kier molecular flexibility index (Phi) is 7.19. The SMILES string of the molecule is COC(=O)c1c(S(=O)(=O)Nc2ccc(F)c(F)c2)sc2c1CCN(C(=O)CCC(C)C)C2. The zero-order valence-electron chi connectivity index (χ0n) is 17.9. The summed E-state index contributed by atoms with van der Waals surface area (Å²) >= 11 is 0.872. The van der Waals surface area contributed by atoms with Gasteiger partial charge in [-0.2, -0.15) is 0 Å². The van der Waals surface area contributed by atoms with E-state index in [9.17, 15) is 26.8 Å². The molecule has 1 aromatic carbocycles. The average molecular weight is 487 g/mol. The maximum Gasteiger partial charge on any atom is 0.340 e. The largest absolute Gasteiger partial charge is 0.465 e. The third kappa shape index (κ3) is 5.09. The quantitative estimate of drug-likeness (QED) is 0.599. The summed E-state index contributed by atoms with van der Waals surface area (Å²) in [4.78, 5) is 27.2. The van der Waals surface area contributed by atoms with Crippen LogP contribution in [-0.2, 0) is 32.5 Å². The molecule has 1 aliphatic heterocycles. The van der Waals surface area contributed by atoms with Crippen LogP contribution in [0, 0.1) is 17.6 Å². The van der Waals surface area contributed by atoms with Crippen molar-refractivity contribution in [3.05, 3.63) is 45.8 Å². The molecule has 0 atom stereocenters. The van der Waals surface area contributed by atoms with Gasteiger partial charge >= 0.3 is 5.97 Å². The molecule has 0 bridgehead atoms. The van der Waals surface area contributed by atoms with E-state index >= 15 is 0 Å². The van der Waals surface area contributed by atoms with E-state index in [0.717, 1.165) is 37.0 Å². The Morgan fingerprint density at radius 1 is 1.25 bits per heavy atom. The molecule has 11 heteroatoms. The van der Waals surface area contributed by atoms with Gasteiger partial charge in [-0.05, 0) is 36.5 Å². The molecular formula is C21H24F2N2O5S2. The van der Waals surface area contributed by atoms with Crippen LogP contribution in [0.4, 0.5) is 14.5 Å². The zero-order valence-corrected chi connectivity index (χ0v) is 19.5. The van der Waals surface area contributed by atoms with E-state index in [1.807, 2.05) is 13.8 Å². The number of sulfonamides is 1. The summed E-state index contributed by atoms with van der Waals surface area (Å²) in [7, 11) is -3.16. The third-order valence-electron chi connectivity index (χ3n) is 5.12. The summed E-state index contributed by atoms with van der Waals surface area (Å²) in [6.07, 6.45) is 1.45. The van der Waals surface area contributed by atoms with Gasteiger partial charge in [-0.15, -0.1) is 11.3 Å². The number of ether oxygens (including phenoxy) is 1. The molecule has 1 N–H and O–H groups in total. The second-order valence-electron chi connectivity index (χ2n) is 7.89. The van der Waals surface area contributed by atoms with Gasteiger partial charge in [-0.1, -0.05) is 13.8 Å². The van der Waals surface area contributed by atoms with Crippen molar-refractivity contribution < 1.29 is 31.5 Å². The fraction of sp³-hybridized carbons (Fsp3) is 0.429. The number of nitrogens with zero attached hydrogens (tertiary/aromatic N) is 1. The number of thiophene rings is 1. The van der Waals surface area contributed by atoms with Gasteiger partial charge in [0, 0.05) is 23.9 Å². The molecule has 7 nitrogen and oxygen atoms in total. The number of methoxy groups -OCH3 is 1. The van der Waals surface area contributed by atoms with Crippen LogP contribution in [0.5, 0.6) is 0 Å². The zero-order chi connectivity index (χ0) is 23.6. The van der Waals surface area contributed by atoms with Crippen molar-refractivity contribution >= 4 is 38.9 Å². The molecule has 32 heavy (non-hydrogen) atoms. The van der Waals surface area contributed by atoms with Gasteiger partial charge in [0.2, 0.25) is 5.91 Å². The van der Waals surface area contributed by atoms with Crippen LogP contribution in [0.3, 0.4) is 0 Å². The third-order valence-corrected chi connectivity index (χ3v) is 8.23. The van der Waals surface area contributed by atoms with Gasteiger partial charge in [-0.25, -0.2) is 22.0 Å². The smallest absolute Gasteiger partial charge is 0.340 e. The van der Waals surface area contributed by atoms with Crippen LogP contribution in [0.1, 0.15) is 47.5 Å². The monoisotopic (exact) mass is 486 g/mol. The number of carbonyl (C=O) groups is 2. The predicted octanol–water partition coefficient (Wildman–Crippen LogP) is 3.93. The Hall–Kier alpha value is -2.53. The topological polar surface area (TPSA) is 92.8 Å². The lowest BCUT2D eigenvalue weighted by molar-refractivity contribution is -0.132. The first kappa shape index (κ1) is 24.1. The highest BCUT2D eigenvalue weighted by atomic mass is 32.2. The van der Waals surface area contributed by atoms with Crippen molar-refractivity contribution in [2.75, 3.05) is 18.4 Å². The molecule has 174 valence electrons. The number of hydrogen-bond donors (Lipinski definition) is 1. The molecule has 1 amide bonds. The summed E-state index contributed by atoms with van der Waals surface area (Å²) in [5, 5.41) is 0. The Morgan fingerprint density at radius 2 is 1.97 bits per heavy atom. The summed E-state index contributed by atoms with van der Waals surface area (Å²) in [6, 6.07) is 2.60. The van der Waals surface area contributed by atoms with Gasteiger partial charge in [0.25, 0.3) is 10.0 Å². The first-order valence-electron chi connectivity index (χ1n) is 10.0. The van der Waals surface area contributed by atoms with Crippen molar-refractivity contribution in [2.24, 2.45) is 5.92 Å². The first-order valence-corrected chi connectivity index (χ1v) is 12.3. The lowest BCUT2D eigenvalue weighted by atomic mass is 10.0. The molecule has 0 fully saturated rings. The van der Waals surface area contributed by atoms with E-state index in [4.69, 9.17) is 4.74 Å². The van der Waals surface area contributed by atoms with Crippen molar-refractivity contribution in [3.63, 3.8) is 0 Å². The molecule has 1 aromatic heterocycles. The number of amides is 1. The molecule has 2 heterocycles. The van der Waals surface area contributed by atoms with Gasteiger partial charge < -0.3 is 9.64 Å². The number of halogens is 2. The summed E-state index contributed by atoms with van der Waals surface area (Å²) < 4.78 is 59.5. The minimum absolute atomic E-state index is 0.0262. The highest BCUT2D eigenvalue weighted by molar-refractivity contribution is 7.94. The van der Waals surface area contributed by atoms with Crippen LogP contribution >= 0.6 is 11.3 Å². The molecule has 0 aliphatic carbocycles. The molecule has 0 saturated heterocycles. The predicted molar refractivity (Wildman–Crippen MR) is 116 cm³/mol. The molecular weight excluding hydrogens is 462 g/mol. The Balaban J connectivity index is 1.94. The number of rotatable bonds is 7. The standard InChI is InChI=1S/C21H24F2N2O5S2/c1-12(2)4-7-18(26)25-9-8-14-17(11-25)31-21(19(14)20(27)30-3)32(28,29)24-13-5-6-15(22)16(23)10-13/h5-6,10,12,24H,4,7-9,11H2,1-3H3. The van der Waals surface area contributed by atoms with E-state index in [-0.39, 0.29) is 27.9 Å². The van der Waals surface area contributed by atoms with Crippen LogP contribution in [0.25, 0.3) is 0 Å². The molecule has 0 unspecified atom stereocenters. The van der Waals surface area contributed by atoms with E-state index in [2.05, 4.69) is 4.72 Å². The number of nitrogens with one attached hydrogen (secondary N) is 1. The Morgan fingerprint density at radius 3 is 2.59 bits per heavy atom.